The van der Waals surface area contributed by atoms with Crippen molar-refractivity contribution < 1.29 is 54.1 Å². The van der Waals surface area contributed by atoms with Crippen molar-refractivity contribution in [2.45, 2.75) is 12.2 Å². The Bertz CT molecular complexity index is 852. The van der Waals surface area contributed by atoms with Crippen LogP contribution in [-0.4, -0.2) is 10.2 Å². The number of halogens is 10. The molecule has 2 rings (SSSR count). The van der Waals surface area contributed by atoms with Crippen LogP contribution in [0.5, 0.6) is 0 Å². The van der Waals surface area contributed by atoms with E-state index in [4.69, 9.17) is 0 Å². The van der Waals surface area contributed by atoms with Gasteiger partial charge in [0.1, 0.15) is 0 Å². The zero-order chi connectivity index (χ0) is 20.1. The molecule has 142 valence electrons. The molecule has 2 N–H and O–H groups in total. The van der Waals surface area contributed by atoms with Crippen LogP contribution >= 0.6 is 0 Å². The van der Waals surface area contributed by atoms with E-state index >= 15 is 0 Å². The van der Waals surface area contributed by atoms with Gasteiger partial charge in [-0.15, -0.1) is 0 Å². The van der Waals surface area contributed by atoms with Crippen molar-refractivity contribution in [3.05, 3.63) is 69.3 Å². The molecule has 0 saturated heterocycles. The van der Waals surface area contributed by atoms with Gasteiger partial charge in [-0.2, -0.15) is 0 Å². The molecule has 0 aromatic heterocycles. The van der Waals surface area contributed by atoms with Crippen LogP contribution in [-0.2, 0) is 12.2 Å². The van der Waals surface area contributed by atoms with Gasteiger partial charge in [-0.05, 0) is 0 Å². The Balaban J connectivity index is 2.70. The standard InChI is InChI=1S/C14H4F10O2/c15-4-2(5(16)9(20)12(23)8(4)19)1-14(25,26)3-6(17)10(21)13(24)11(22)7(3)18/h25-26H,1H2. The monoisotopic (exact) mass is 394 g/mol. The molecule has 2 nitrogen and oxygen atoms in total. The van der Waals surface area contributed by atoms with Gasteiger partial charge in [0.25, 0.3) is 0 Å². The molecule has 0 bridgehead atoms. The second-order valence-corrected chi connectivity index (χ2v) is 4.99. The maximum Gasteiger partial charge on any atom is 0.200 e. The molecule has 2 aromatic carbocycles. The summed E-state index contributed by atoms with van der Waals surface area (Å²) in [4.78, 5) is 0. The van der Waals surface area contributed by atoms with E-state index in [9.17, 15) is 54.1 Å². The van der Waals surface area contributed by atoms with Crippen LogP contribution < -0.4 is 0 Å². The van der Waals surface area contributed by atoms with Gasteiger partial charge in [0.15, 0.2) is 52.3 Å². The first kappa shape index (κ1) is 20.0. The third-order valence-corrected chi connectivity index (χ3v) is 3.33. The topological polar surface area (TPSA) is 40.5 Å². The smallest absolute Gasteiger partial charge is 0.200 e. The highest BCUT2D eigenvalue weighted by Crippen LogP contribution is 2.34. The summed E-state index contributed by atoms with van der Waals surface area (Å²) < 4.78 is 132. The molecule has 0 aliphatic carbocycles. The van der Waals surface area contributed by atoms with Crippen molar-refractivity contribution in [2.24, 2.45) is 0 Å². The van der Waals surface area contributed by atoms with Crippen molar-refractivity contribution in [1.82, 2.24) is 0 Å². The molecule has 0 aliphatic heterocycles. The summed E-state index contributed by atoms with van der Waals surface area (Å²) in [6, 6.07) is 0. The lowest BCUT2D eigenvalue weighted by molar-refractivity contribution is -0.173. The molecule has 0 aliphatic rings. The van der Waals surface area contributed by atoms with Gasteiger partial charge >= 0.3 is 0 Å². The minimum Gasteiger partial charge on any atom is -0.361 e. The van der Waals surface area contributed by atoms with Crippen LogP contribution in [0.2, 0.25) is 0 Å². The molecule has 26 heavy (non-hydrogen) atoms. The van der Waals surface area contributed by atoms with Gasteiger partial charge in [-0.1, -0.05) is 0 Å². The molecular formula is C14H4F10O2. The minimum absolute atomic E-state index is 1.95. The average molecular weight is 394 g/mol. The third kappa shape index (κ3) is 2.88. The first-order valence-electron chi connectivity index (χ1n) is 6.29. The van der Waals surface area contributed by atoms with E-state index in [1.54, 1.807) is 0 Å². The predicted molar refractivity (Wildman–Crippen MR) is 62.3 cm³/mol. The Morgan fingerprint density at radius 3 is 1.08 bits per heavy atom. The molecule has 0 heterocycles. The highest BCUT2D eigenvalue weighted by Gasteiger charge is 2.41. The number of benzene rings is 2. The fraction of sp³-hybridized carbons (Fsp3) is 0.143. The van der Waals surface area contributed by atoms with E-state index in [-0.39, 0.29) is 0 Å². The van der Waals surface area contributed by atoms with E-state index in [1.165, 1.54) is 0 Å². The fourth-order valence-electron chi connectivity index (χ4n) is 2.10. The summed E-state index contributed by atoms with van der Waals surface area (Å²) in [7, 11) is 0. The molecule has 0 spiro atoms. The molecule has 2 aromatic rings. The van der Waals surface area contributed by atoms with Crippen LogP contribution in [0.25, 0.3) is 0 Å². The molecule has 0 atom stereocenters. The summed E-state index contributed by atoms with van der Waals surface area (Å²) in [5.74, 6) is -30.5. The van der Waals surface area contributed by atoms with E-state index in [2.05, 4.69) is 0 Å². The van der Waals surface area contributed by atoms with Gasteiger partial charge in [0, 0.05) is 12.0 Å². The predicted octanol–water partition coefficient (Wildman–Crippen LogP) is 3.46. The Morgan fingerprint density at radius 2 is 0.731 bits per heavy atom. The van der Waals surface area contributed by atoms with E-state index < -0.39 is 81.5 Å². The van der Waals surface area contributed by atoms with Gasteiger partial charge in [0.05, 0.1) is 5.56 Å². The van der Waals surface area contributed by atoms with Crippen LogP contribution in [0.1, 0.15) is 11.1 Å². The van der Waals surface area contributed by atoms with Crippen LogP contribution in [0.15, 0.2) is 0 Å². The lowest BCUT2D eigenvalue weighted by Gasteiger charge is -2.24. The first-order chi connectivity index (χ1) is 11.8. The zero-order valence-electron chi connectivity index (χ0n) is 11.9. The van der Waals surface area contributed by atoms with Crippen molar-refractivity contribution in [3.8, 4) is 0 Å². The highest BCUT2D eigenvalue weighted by atomic mass is 19.2. The maximum atomic E-state index is 13.6. The number of hydrogen-bond donors (Lipinski definition) is 2. The Labute approximate surface area is 136 Å². The summed E-state index contributed by atoms with van der Waals surface area (Å²) in [5.41, 5.74) is -4.28. The van der Waals surface area contributed by atoms with E-state index in [0.717, 1.165) is 0 Å². The average Bonchev–Trinajstić information content (AvgIpc) is 2.58. The fourth-order valence-corrected chi connectivity index (χ4v) is 2.10. The molecule has 0 amide bonds. The van der Waals surface area contributed by atoms with E-state index in [1.807, 2.05) is 0 Å². The van der Waals surface area contributed by atoms with Crippen molar-refractivity contribution in [1.29, 1.82) is 0 Å². The molecule has 0 radical (unpaired) electrons. The SMILES string of the molecule is OC(O)(Cc1c(F)c(F)c(F)c(F)c1F)c1c(F)c(F)c(F)c(F)c1F. The van der Waals surface area contributed by atoms with E-state index in [0.29, 0.717) is 0 Å². The first-order valence-corrected chi connectivity index (χ1v) is 6.29. The van der Waals surface area contributed by atoms with Crippen LogP contribution in [0.4, 0.5) is 43.9 Å². The summed E-state index contributed by atoms with van der Waals surface area (Å²) in [6.07, 6.45) is -2.13. The Morgan fingerprint density at radius 1 is 0.462 bits per heavy atom. The number of hydrogen-bond acceptors (Lipinski definition) is 2. The molecule has 0 fully saturated rings. The second-order valence-electron chi connectivity index (χ2n) is 4.99. The van der Waals surface area contributed by atoms with Crippen LogP contribution in [0.3, 0.4) is 0 Å². The molecule has 0 saturated carbocycles. The largest absolute Gasteiger partial charge is 0.361 e. The highest BCUT2D eigenvalue weighted by molar-refractivity contribution is 5.32. The van der Waals surface area contributed by atoms with Crippen molar-refractivity contribution in [3.63, 3.8) is 0 Å². The molecular weight excluding hydrogens is 390 g/mol. The lowest BCUT2D eigenvalue weighted by Crippen LogP contribution is -2.33. The Kier molecular flexibility index (Phi) is 4.94. The summed E-state index contributed by atoms with van der Waals surface area (Å²) in [6.45, 7) is 0. The molecule has 12 heteroatoms. The Hall–Kier alpha value is -2.34. The normalized spacial score (nSPS) is 12.0. The quantitative estimate of drug-likeness (QED) is 0.363. The third-order valence-electron chi connectivity index (χ3n) is 3.33. The van der Waals surface area contributed by atoms with Gasteiger partial charge in [0.2, 0.25) is 11.6 Å². The minimum atomic E-state index is -4.22. The van der Waals surface area contributed by atoms with Gasteiger partial charge in [-0.3, -0.25) is 0 Å². The summed E-state index contributed by atoms with van der Waals surface area (Å²) in [5, 5.41) is 19.2. The van der Waals surface area contributed by atoms with Gasteiger partial charge < -0.3 is 10.2 Å². The zero-order valence-corrected chi connectivity index (χ0v) is 11.9. The summed E-state index contributed by atoms with van der Waals surface area (Å²) >= 11 is 0. The lowest BCUT2D eigenvalue weighted by atomic mass is 9.95. The molecule has 0 unspecified atom stereocenters. The number of aliphatic hydroxyl groups is 2. The number of rotatable bonds is 3. The van der Waals surface area contributed by atoms with Crippen molar-refractivity contribution >= 4 is 0 Å². The van der Waals surface area contributed by atoms with Crippen LogP contribution in [0, 0.1) is 58.2 Å². The van der Waals surface area contributed by atoms with Gasteiger partial charge in [-0.25, -0.2) is 43.9 Å². The maximum absolute atomic E-state index is 13.6. The van der Waals surface area contributed by atoms with Crippen molar-refractivity contribution in [2.75, 3.05) is 0 Å². The second kappa shape index (κ2) is 6.43.